The minimum absolute atomic E-state index is 0.0339. The molecular weight excluding hydrogens is 314 g/mol. The fourth-order valence-electron chi connectivity index (χ4n) is 2.86. The predicted molar refractivity (Wildman–Crippen MR) is 96.0 cm³/mol. The summed E-state index contributed by atoms with van der Waals surface area (Å²) in [4.78, 5) is 12.1. The van der Waals surface area contributed by atoms with Crippen LogP contribution < -0.4 is 5.56 Å². The molecule has 0 radical (unpaired) electrons. The number of nitrogens with one attached hydrogen (secondary N) is 1. The zero-order chi connectivity index (χ0) is 17.2. The highest BCUT2D eigenvalue weighted by Crippen LogP contribution is 2.30. The Labute approximate surface area is 144 Å². The maximum Gasteiger partial charge on any atom is 0.250 e. The number of aromatic nitrogens is 5. The maximum atomic E-state index is 12.1. The molecule has 25 heavy (non-hydrogen) atoms. The molecule has 0 saturated carbocycles. The Morgan fingerprint density at radius 2 is 1.88 bits per heavy atom. The predicted octanol–water partition coefficient (Wildman–Crippen LogP) is 2.69. The number of aromatic amines is 1. The average Bonchev–Trinajstić information content (AvgIpc) is 3.30. The number of rotatable bonds is 4. The van der Waals surface area contributed by atoms with Crippen molar-refractivity contribution in [2.75, 3.05) is 0 Å². The third-order valence-electron chi connectivity index (χ3n) is 4.16. The summed E-state index contributed by atoms with van der Waals surface area (Å²) in [6.45, 7) is 0.642. The van der Waals surface area contributed by atoms with E-state index in [1.54, 1.807) is 23.9 Å². The van der Waals surface area contributed by atoms with Crippen LogP contribution in [0, 0.1) is 0 Å². The van der Waals surface area contributed by atoms with Crippen molar-refractivity contribution in [3.63, 3.8) is 0 Å². The Morgan fingerprint density at radius 1 is 1.04 bits per heavy atom. The molecule has 124 valence electrons. The van der Waals surface area contributed by atoms with Gasteiger partial charge in [0.15, 0.2) is 0 Å². The Kier molecular flexibility index (Phi) is 3.78. The number of H-pyrrole nitrogens is 1. The number of pyridine rings is 1. The lowest BCUT2D eigenvalue weighted by Crippen LogP contribution is -2.15. The normalized spacial score (nSPS) is 10.9. The summed E-state index contributed by atoms with van der Waals surface area (Å²) in [6.07, 6.45) is 9.31. The second kappa shape index (κ2) is 6.24. The first kappa shape index (κ1) is 15.1. The van der Waals surface area contributed by atoms with Crippen molar-refractivity contribution in [2.45, 2.75) is 6.54 Å². The zero-order valence-corrected chi connectivity index (χ0v) is 13.8. The lowest BCUT2D eigenvalue weighted by atomic mass is 9.98. The van der Waals surface area contributed by atoms with Gasteiger partial charge < -0.3 is 4.57 Å². The van der Waals surface area contributed by atoms with E-state index in [0.717, 1.165) is 27.8 Å². The van der Waals surface area contributed by atoms with E-state index in [-0.39, 0.29) is 5.56 Å². The summed E-state index contributed by atoms with van der Waals surface area (Å²) < 4.78 is 3.45. The van der Waals surface area contributed by atoms with Gasteiger partial charge in [-0.05, 0) is 11.1 Å². The van der Waals surface area contributed by atoms with Gasteiger partial charge in [0.25, 0.3) is 5.56 Å². The molecule has 4 rings (SSSR count). The van der Waals surface area contributed by atoms with Crippen molar-refractivity contribution < 1.29 is 0 Å². The van der Waals surface area contributed by atoms with Gasteiger partial charge in [0.05, 0.1) is 18.9 Å². The first-order valence-corrected chi connectivity index (χ1v) is 7.97. The number of hydrogen-bond donors (Lipinski definition) is 1. The highest BCUT2D eigenvalue weighted by molar-refractivity contribution is 5.82. The van der Waals surface area contributed by atoms with E-state index in [1.165, 1.54) is 0 Å². The molecule has 0 atom stereocenters. The third-order valence-corrected chi connectivity index (χ3v) is 4.16. The summed E-state index contributed by atoms with van der Waals surface area (Å²) in [5.74, 6) is 0. The molecular formula is C19H17N5O. The minimum Gasteiger partial charge on any atom is -0.318 e. The topological polar surface area (TPSA) is 68.5 Å². The molecule has 0 aliphatic heterocycles. The summed E-state index contributed by atoms with van der Waals surface area (Å²) in [7, 11) is 1.76. The van der Waals surface area contributed by atoms with Crippen molar-refractivity contribution in [2.24, 2.45) is 7.05 Å². The zero-order valence-electron chi connectivity index (χ0n) is 13.8. The molecule has 0 amide bonds. The van der Waals surface area contributed by atoms with E-state index < -0.39 is 0 Å². The van der Waals surface area contributed by atoms with Crippen molar-refractivity contribution >= 4 is 0 Å². The molecule has 0 fully saturated rings. The quantitative estimate of drug-likeness (QED) is 0.625. The standard InChI is InChI=1S/C19H17N5O/c1-23-13-18(17(7-19(23)25)15-5-3-2-4-6-15)16-10-22-24(12-16)11-14-8-20-21-9-14/h2-10,12-13H,11H2,1H3,(H,20,21). The Bertz CT molecular complexity index is 1050. The molecule has 4 aromatic rings. The molecule has 3 heterocycles. The van der Waals surface area contributed by atoms with Crippen LogP contribution in [0.5, 0.6) is 0 Å². The fourth-order valence-corrected chi connectivity index (χ4v) is 2.86. The largest absolute Gasteiger partial charge is 0.318 e. The van der Waals surface area contributed by atoms with Crippen LogP contribution in [0.25, 0.3) is 22.3 Å². The van der Waals surface area contributed by atoms with Gasteiger partial charge in [0.2, 0.25) is 0 Å². The first-order valence-electron chi connectivity index (χ1n) is 7.97. The number of hydrogen-bond acceptors (Lipinski definition) is 3. The highest BCUT2D eigenvalue weighted by atomic mass is 16.1. The molecule has 6 heteroatoms. The van der Waals surface area contributed by atoms with Crippen molar-refractivity contribution in [1.29, 1.82) is 0 Å². The monoisotopic (exact) mass is 331 g/mol. The van der Waals surface area contributed by atoms with E-state index in [2.05, 4.69) is 15.3 Å². The van der Waals surface area contributed by atoms with Crippen LogP contribution in [-0.2, 0) is 13.6 Å². The van der Waals surface area contributed by atoms with Gasteiger partial charge in [-0.15, -0.1) is 0 Å². The van der Waals surface area contributed by atoms with Crippen LogP contribution in [0.2, 0.25) is 0 Å². The average molecular weight is 331 g/mol. The SMILES string of the molecule is Cn1cc(-c2cnn(Cc3cn[nH]c3)c2)c(-c2ccccc2)cc1=O. The van der Waals surface area contributed by atoms with Gasteiger partial charge in [-0.2, -0.15) is 10.2 Å². The highest BCUT2D eigenvalue weighted by Gasteiger charge is 2.12. The summed E-state index contributed by atoms with van der Waals surface area (Å²) in [5, 5.41) is 11.2. The molecule has 0 saturated heterocycles. The molecule has 1 N–H and O–H groups in total. The Balaban J connectivity index is 1.78. The number of benzene rings is 1. The first-order chi connectivity index (χ1) is 12.2. The summed E-state index contributed by atoms with van der Waals surface area (Å²) >= 11 is 0. The molecule has 6 nitrogen and oxygen atoms in total. The molecule has 0 aliphatic rings. The van der Waals surface area contributed by atoms with Crippen molar-refractivity contribution in [1.82, 2.24) is 24.5 Å². The van der Waals surface area contributed by atoms with Crippen LogP contribution in [-0.4, -0.2) is 24.5 Å². The minimum atomic E-state index is -0.0339. The lowest BCUT2D eigenvalue weighted by Gasteiger charge is -2.10. The van der Waals surface area contributed by atoms with Crippen LogP contribution in [0.3, 0.4) is 0 Å². The Morgan fingerprint density at radius 3 is 2.64 bits per heavy atom. The smallest absolute Gasteiger partial charge is 0.250 e. The van der Waals surface area contributed by atoms with Crippen LogP contribution >= 0.6 is 0 Å². The van der Waals surface area contributed by atoms with E-state index in [0.29, 0.717) is 6.54 Å². The fraction of sp³-hybridized carbons (Fsp3) is 0.105. The van der Waals surface area contributed by atoms with Crippen LogP contribution in [0.15, 0.2) is 72.2 Å². The molecule has 3 aromatic heterocycles. The van der Waals surface area contributed by atoms with E-state index >= 15 is 0 Å². The van der Waals surface area contributed by atoms with Gasteiger partial charge in [-0.1, -0.05) is 30.3 Å². The van der Waals surface area contributed by atoms with Gasteiger partial charge in [-0.25, -0.2) is 0 Å². The number of aryl methyl sites for hydroxylation is 1. The van der Waals surface area contributed by atoms with Crippen molar-refractivity contribution in [3.8, 4) is 22.3 Å². The van der Waals surface area contributed by atoms with Crippen molar-refractivity contribution in [3.05, 3.63) is 83.3 Å². The van der Waals surface area contributed by atoms with E-state index in [9.17, 15) is 4.79 Å². The lowest BCUT2D eigenvalue weighted by molar-refractivity contribution is 0.687. The Hall–Kier alpha value is -3.41. The van der Waals surface area contributed by atoms with E-state index in [4.69, 9.17) is 0 Å². The third kappa shape index (κ3) is 3.01. The molecule has 0 bridgehead atoms. The van der Waals surface area contributed by atoms with E-state index in [1.807, 2.05) is 59.8 Å². The van der Waals surface area contributed by atoms with Gasteiger partial charge in [-0.3, -0.25) is 14.6 Å². The molecule has 1 aromatic carbocycles. The summed E-state index contributed by atoms with van der Waals surface area (Å²) in [5.41, 5.74) is 4.89. The second-order valence-electron chi connectivity index (χ2n) is 5.95. The van der Waals surface area contributed by atoms with Gasteiger partial charge in [0, 0.05) is 48.4 Å². The van der Waals surface area contributed by atoms with Crippen LogP contribution in [0.4, 0.5) is 0 Å². The molecule has 0 spiro atoms. The maximum absolute atomic E-state index is 12.1. The van der Waals surface area contributed by atoms with Gasteiger partial charge >= 0.3 is 0 Å². The molecule has 0 aliphatic carbocycles. The second-order valence-corrected chi connectivity index (χ2v) is 5.95. The summed E-state index contributed by atoms with van der Waals surface area (Å²) in [6, 6.07) is 11.6. The molecule has 0 unspecified atom stereocenters. The number of nitrogens with zero attached hydrogens (tertiary/aromatic N) is 4. The van der Waals surface area contributed by atoms with Gasteiger partial charge in [0.1, 0.15) is 0 Å². The van der Waals surface area contributed by atoms with Crippen LogP contribution in [0.1, 0.15) is 5.56 Å².